The van der Waals surface area contributed by atoms with Crippen molar-refractivity contribution < 1.29 is 4.79 Å². The van der Waals surface area contributed by atoms with E-state index in [2.05, 4.69) is 43.6 Å². The molecule has 84 valence electrons. The van der Waals surface area contributed by atoms with Crippen molar-refractivity contribution in [2.75, 3.05) is 5.75 Å². The molecule has 1 aromatic rings. The molecular weight excluding hydrogens is 218 g/mol. The predicted molar refractivity (Wildman–Crippen MR) is 70.2 cm³/mol. The molecule has 1 aromatic carbocycles. The maximum Gasteiger partial charge on any atom is 0.148 e. The Balaban J connectivity index is 2.22. The zero-order valence-corrected chi connectivity index (χ0v) is 10.5. The number of ketones is 1. The first-order chi connectivity index (χ1) is 7.60. The van der Waals surface area contributed by atoms with Crippen LogP contribution < -0.4 is 0 Å². The van der Waals surface area contributed by atoms with E-state index in [4.69, 9.17) is 0 Å². The Morgan fingerprint density at radius 1 is 1.38 bits per heavy atom. The van der Waals surface area contributed by atoms with Gasteiger partial charge in [-0.3, -0.25) is 9.79 Å². The number of Topliss-reactive ketones (excluding diaryl/α,β-unsaturated/α-hetero) is 1. The van der Waals surface area contributed by atoms with Gasteiger partial charge < -0.3 is 0 Å². The van der Waals surface area contributed by atoms with E-state index in [0.29, 0.717) is 12.2 Å². The Bertz CT molecular complexity index is 477. The monoisotopic (exact) mass is 233 g/mol. The van der Waals surface area contributed by atoms with Gasteiger partial charge >= 0.3 is 0 Å². The molecule has 16 heavy (non-hydrogen) atoms. The van der Waals surface area contributed by atoms with Gasteiger partial charge in [-0.25, -0.2) is 0 Å². The van der Waals surface area contributed by atoms with Gasteiger partial charge in [-0.15, -0.1) is 0 Å². The highest BCUT2D eigenvalue weighted by molar-refractivity contribution is 7.81. The predicted octanol–water partition coefficient (Wildman–Crippen LogP) is 2.82. The number of aliphatic imine (C=N–C) groups is 1. The minimum atomic E-state index is 0.142. The van der Waals surface area contributed by atoms with E-state index < -0.39 is 0 Å². The Labute approximate surface area is 101 Å². The van der Waals surface area contributed by atoms with Gasteiger partial charge in [-0.2, -0.15) is 12.6 Å². The number of carbonyl (C=O) groups excluding carboxylic acids is 1. The molecule has 0 saturated carbocycles. The lowest BCUT2D eigenvalue weighted by Crippen LogP contribution is -2.08. The van der Waals surface area contributed by atoms with Gasteiger partial charge in [0.05, 0.1) is 5.69 Å². The Morgan fingerprint density at radius 3 is 2.75 bits per heavy atom. The van der Waals surface area contributed by atoms with Gasteiger partial charge in [0.15, 0.2) is 0 Å². The van der Waals surface area contributed by atoms with Crippen molar-refractivity contribution in [1.82, 2.24) is 0 Å². The number of aryl methyl sites for hydroxylation is 2. The maximum absolute atomic E-state index is 11.3. The Morgan fingerprint density at radius 2 is 2.06 bits per heavy atom. The number of fused-ring (bicyclic) bond motifs is 1. The lowest BCUT2D eigenvalue weighted by molar-refractivity contribution is -0.115. The van der Waals surface area contributed by atoms with E-state index >= 15 is 0 Å². The van der Waals surface area contributed by atoms with E-state index in [0.717, 1.165) is 17.8 Å². The van der Waals surface area contributed by atoms with Crippen LogP contribution >= 0.6 is 12.6 Å². The minimum absolute atomic E-state index is 0.142. The fourth-order valence-corrected chi connectivity index (χ4v) is 2.03. The van der Waals surface area contributed by atoms with Gasteiger partial charge in [0.1, 0.15) is 5.78 Å². The summed E-state index contributed by atoms with van der Waals surface area (Å²) >= 11 is 3.98. The molecule has 0 fully saturated rings. The van der Waals surface area contributed by atoms with E-state index in [1.165, 1.54) is 16.7 Å². The maximum atomic E-state index is 11.3. The SMILES string of the molecule is Cc1cc2c(cc1C)N=C(CC(=O)CS)C2. The topological polar surface area (TPSA) is 29.4 Å². The molecule has 1 aliphatic rings. The second-order valence-corrected chi connectivity index (χ2v) is 4.61. The number of carbonyl (C=O) groups is 1. The van der Waals surface area contributed by atoms with Crippen LogP contribution in [0.2, 0.25) is 0 Å². The number of rotatable bonds is 3. The molecule has 0 N–H and O–H groups in total. The second kappa shape index (κ2) is 4.42. The molecule has 0 radical (unpaired) electrons. The largest absolute Gasteiger partial charge is 0.298 e. The zero-order valence-electron chi connectivity index (χ0n) is 9.58. The number of thiol groups is 1. The molecular formula is C13H15NOS. The molecule has 3 heteroatoms. The van der Waals surface area contributed by atoms with E-state index in [-0.39, 0.29) is 5.78 Å². The molecule has 2 rings (SSSR count). The van der Waals surface area contributed by atoms with Crippen molar-refractivity contribution in [3.05, 3.63) is 28.8 Å². The standard InChI is InChI=1S/C13H15NOS/c1-8-3-10-5-11(6-12(15)7-16)14-13(10)4-9(8)2/h3-4,16H,5-7H2,1-2H3. The fourth-order valence-electron chi connectivity index (χ4n) is 1.92. The number of hydrogen-bond donors (Lipinski definition) is 1. The third-order valence-electron chi connectivity index (χ3n) is 2.95. The van der Waals surface area contributed by atoms with Crippen molar-refractivity contribution in [1.29, 1.82) is 0 Å². The van der Waals surface area contributed by atoms with Crippen molar-refractivity contribution in [2.45, 2.75) is 26.7 Å². The first-order valence-corrected chi connectivity index (χ1v) is 6.02. The first-order valence-electron chi connectivity index (χ1n) is 5.39. The summed E-state index contributed by atoms with van der Waals surface area (Å²) in [6, 6.07) is 4.27. The Kier molecular flexibility index (Phi) is 3.15. The van der Waals surface area contributed by atoms with Crippen LogP contribution in [0.4, 0.5) is 5.69 Å². The average molecular weight is 233 g/mol. The van der Waals surface area contributed by atoms with Crippen LogP contribution in [0.3, 0.4) is 0 Å². The van der Waals surface area contributed by atoms with Crippen molar-refractivity contribution in [3.8, 4) is 0 Å². The minimum Gasteiger partial charge on any atom is -0.298 e. The highest BCUT2D eigenvalue weighted by Gasteiger charge is 2.17. The van der Waals surface area contributed by atoms with E-state index in [1.54, 1.807) is 0 Å². The molecule has 0 amide bonds. The van der Waals surface area contributed by atoms with Crippen LogP contribution in [-0.2, 0) is 11.2 Å². The Hall–Kier alpha value is -1.09. The molecule has 0 atom stereocenters. The highest BCUT2D eigenvalue weighted by atomic mass is 32.1. The normalized spacial score (nSPS) is 13.6. The zero-order chi connectivity index (χ0) is 11.7. The molecule has 0 spiro atoms. The van der Waals surface area contributed by atoms with Gasteiger partial charge in [-0.1, -0.05) is 6.07 Å². The average Bonchev–Trinajstić information content (AvgIpc) is 2.60. The summed E-state index contributed by atoms with van der Waals surface area (Å²) in [6.45, 7) is 4.19. The van der Waals surface area contributed by atoms with E-state index in [9.17, 15) is 4.79 Å². The van der Waals surface area contributed by atoms with Crippen molar-refractivity contribution in [2.24, 2.45) is 4.99 Å². The molecule has 2 nitrogen and oxygen atoms in total. The summed E-state index contributed by atoms with van der Waals surface area (Å²) < 4.78 is 0. The van der Waals surface area contributed by atoms with Crippen molar-refractivity contribution in [3.63, 3.8) is 0 Å². The molecule has 0 aromatic heterocycles. The summed E-state index contributed by atoms with van der Waals surface area (Å²) in [4.78, 5) is 15.8. The number of benzene rings is 1. The van der Waals surface area contributed by atoms with Crippen LogP contribution in [0.1, 0.15) is 23.1 Å². The fraction of sp³-hybridized carbons (Fsp3) is 0.385. The van der Waals surface area contributed by atoms with Gasteiger partial charge in [0.25, 0.3) is 0 Å². The van der Waals surface area contributed by atoms with Crippen LogP contribution in [0.15, 0.2) is 17.1 Å². The summed E-state index contributed by atoms with van der Waals surface area (Å²) in [5, 5.41) is 0. The third-order valence-corrected chi connectivity index (χ3v) is 3.30. The smallest absolute Gasteiger partial charge is 0.148 e. The number of hydrogen-bond acceptors (Lipinski definition) is 3. The summed E-state index contributed by atoms with van der Waals surface area (Å²) in [5.41, 5.74) is 5.79. The molecule has 0 bridgehead atoms. The molecule has 1 heterocycles. The third kappa shape index (κ3) is 2.19. The van der Waals surface area contributed by atoms with Gasteiger partial charge in [0, 0.05) is 24.3 Å². The summed E-state index contributed by atoms with van der Waals surface area (Å²) in [6.07, 6.45) is 1.26. The lowest BCUT2D eigenvalue weighted by atomic mass is 10.0. The van der Waals surface area contributed by atoms with Crippen LogP contribution in [-0.4, -0.2) is 17.2 Å². The van der Waals surface area contributed by atoms with Gasteiger partial charge in [0.2, 0.25) is 0 Å². The first kappa shape index (κ1) is 11.4. The summed E-state index contributed by atoms with van der Waals surface area (Å²) in [7, 11) is 0. The summed E-state index contributed by atoms with van der Waals surface area (Å²) in [5.74, 6) is 0.441. The van der Waals surface area contributed by atoms with Gasteiger partial charge in [-0.05, 0) is 36.6 Å². The van der Waals surface area contributed by atoms with Crippen LogP contribution in [0.25, 0.3) is 0 Å². The second-order valence-electron chi connectivity index (χ2n) is 4.29. The quantitative estimate of drug-likeness (QED) is 0.799. The lowest BCUT2D eigenvalue weighted by Gasteiger charge is -2.02. The molecule has 0 saturated heterocycles. The highest BCUT2D eigenvalue weighted by Crippen LogP contribution is 2.30. The van der Waals surface area contributed by atoms with Crippen LogP contribution in [0, 0.1) is 13.8 Å². The van der Waals surface area contributed by atoms with E-state index in [1.807, 2.05) is 0 Å². The van der Waals surface area contributed by atoms with Crippen molar-refractivity contribution >= 4 is 29.8 Å². The molecule has 1 aliphatic heterocycles. The number of nitrogens with zero attached hydrogens (tertiary/aromatic N) is 1. The molecule has 0 unspecified atom stereocenters. The van der Waals surface area contributed by atoms with Crippen LogP contribution in [0.5, 0.6) is 0 Å². The molecule has 0 aliphatic carbocycles.